The Kier molecular flexibility index (Phi) is 5.69. The molecule has 0 aliphatic rings. The van der Waals surface area contributed by atoms with Gasteiger partial charge in [-0.3, -0.25) is 4.90 Å². The van der Waals surface area contributed by atoms with E-state index >= 15 is 0 Å². The minimum absolute atomic E-state index is 0.149. The van der Waals surface area contributed by atoms with Gasteiger partial charge in [-0.2, -0.15) is 0 Å². The molecule has 1 aromatic carbocycles. The highest BCUT2D eigenvalue weighted by atomic mass is 19.2. The van der Waals surface area contributed by atoms with Crippen LogP contribution in [0.1, 0.15) is 25.8 Å². The molecule has 0 aromatic heterocycles. The van der Waals surface area contributed by atoms with Crippen molar-refractivity contribution in [1.82, 2.24) is 4.90 Å². The van der Waals surface area contributed by atoms with Crippen molar-refractivity contribution in [1.29, 1.82) is 0 Å². The molecule has 0 fully saturated rings. The van der Waals surface area contributed by atoms with E-state index in [9.17, 15) is 8.78 Å². The van der Waals surface area contributed by atoms with Gasteiger partial charge in [-0.05, 0) is 31.5 Å². The van der Waals surface area contributed by atoms with Crippen molar-refractivity contribution in [3.8, 4) is 0 Å². The van der Waals surface area contributed by atoms with Crippen LogP contribution in [-0.4, -0.2) is 28.5 Å². The number of nitrogens with two attached hydrogens (primary N) is 1. The highest BCUT2D eigenvalue weighted by molar-refractivity contribution is 5.79. The van der Waals surface area contributed by atoms with Crippen LogP contribution < -0.4 is 5.73 Å². The zero-order valence-corrected chi connectivity index (χ0v) is 11.1. The Morgan fingerprint density at radius 1 is 1.37 bits per heavy atom. The van der Waals surface area contributed by atoms with Gasteiger partial charge in [0.15, 0.2) is 11.6 Å². The molecule has 0 heterocycles. The topological polar surface area (TPSA) is 61.8 Å². The molecule has 0 atom stereocenters. The van der Waals surface area contributed by atoms with Gasteiger partial charge in [0.25, 0.3) is 0 Å². The summed E-state index contributed by atoms with van der Waals surface area (Å²) in [4.78, 5) is 2.03. The molecule has 1 rings (SSSR count). The maximum atomic E-state index is 13.1. The average Bonchev–Trinajstić information content (AvgIpc) is 2.37. The lowest BCUT2D eigenvalue weighted by Gasteiger charge is -2.26. The van der Waals surface area contributed by atoms with Crippen LogP contribution in [0, 0.1) is 11.6 Å². The third-order valence-corrected chi connectivity index (χ3v) is 2.88. The monoisotopic (exact) mass is 271 g/mol. The smallest absolute Gasteiger partial charge is 0.159 e. The van der Waals surface area contributed by atoms with Gasteiger partial charge in [-0.15, -0.1) is 0 Å². The maximum Gasteiger partial charge on any atom is 0.159 e. The van der Waals surface area contributed by atoms with Crippen molar-refractivity contribution in [2.75, 3.05) is 6.54 Å². The quantitative estimate of drug-likeness (QED) is 0.361. The van der Waals surface area contributed by atoms with Gasteiger partial charge < -0.3 is 10.9 Å². The predicted octanol–water partition coefficient (Wildman–Crippen LogP) is 2.31. The molecule has 0 aliphatic heterocycles. The van der Waals surface area contributed by atoms with Crippen molar-refractivity contribution < 1.29 is 14.0 Å². The fourth-order valence-electron chi connectivity index (χ4n) is 1.70. The van der Waals surface area contributed by atoms with Crippen LogP contribution in [0.4, 0.5) is 8.78 Å². The molecule has 0 saturated heterocycles. The molecule has 0 bridgehead atoms. The zero-order valence-electron chi connectivity index (χ0n) is 11.1. The molecular formula is C13H19F2N3O. The van der Waals surface area contributed by atoms with Gasteiger partial charge in [-0.1, -0.05) is 11.2 Å². The number of hydrogen-bond donors (Lipinski definition) is 2. The highest BCUT2D eigenvalue weighted by Gasteiger charge is 2.12. The Labute approximate surface area is 111 Å². The predicted molar refractivity (Wildman–Crippen MR) is 69.9 cm³/mol. The first-order valence-corrected chi connectivity index (χ1v) is 6.08. The summed E-state index contributed by atoms with van der Waals surface area (Å²) in [6.45, 7) is 5.04. The van der Waals surface area contributed by atoms with Crippen LogP contribution >= 0.6 is 0 Å². The third-order valence-electron chi connectivity index (χ3n) is 2.88. The fraction of sp³-hybridized carbons (Fsp3) is 0.462. The number of oxime groups is 1. The first-order chi connectivity index (χ1) is 8.93. The molecule has 106 valence electrons. The number of nitrogens with zero attached hydrogens (tertiary/aromatic N) is 2. The van der Waals surface area contributed by atoms with E-state index in [4.69, 9.17) is 10.9 Å². The minimum Gasteiger partial charge on any atom is -0.409 e. The second-order valence-electron chi connectivity index (χ2n) is 4.65. The summed E-state index contributed by atoms with van der Waals surface area (Å²) in [5.41, 5.74) is 6.11. The molecule has 0 spiro atoms. The van der Waals surface area contributed by atoms with E-state index in [0.29, 0.717) is 25.1 Å². The lowest BCUT2D eigenvalue weighted by molar-refractivity contribution is 0.217. The first-order valence-electron chi connectivity index (χ1n) is 6.08. The van der Waals surface area contributed by atoms with Gasteiger partial charge >= 0.3 is 0 Å². The fourth-order valence-corrected chi connectivity index (χ4v) is 1.70. The normalized spacial score (nSPS) is 12.4. The molecular weight excluding hydrogens is 252 g/mol. The molecule has 1 aromatic rings. The van der Waals surface area contributed by atoms with E-state index in [1.807, 2.05) is 18.7 Å². The van der Waals surface area contributed by atoms with Crippen molar-refractivity contribution >= 4 is 5.84 Å². The van der Waals surface area contributed by atoms with E-state index in [1.165, 1.54) is 6.07 Å². The Balaban J connectivity index is 2.70. The van der Waals surface area contributed by atoms with Crippen LogP contribution in [0.2, 0.25) is 0 Å². The third kappa shape index (κ3) is 4.82. The van der Waals surface area contributed by atoms with Gasteiger partial charge in [0, 0.05) is 25.6 Å². The van der Waals surface area contributed by atoms with Crippen LogP contribution in [-0.2, 0) is 6.54 Å². The van der Waals surface area contributed by atoms with Gasteiger partial charge in [0.1, 0.15) is 5.84 Å². The minimum atomic E-state index is -0.850. The number of hydrogen-bond acceptors (Lipinski definition) is 3. The summed E-state index contributed by atoms with van der Waals surface area (Å²) in [5, 5.41) is 11.4. The van der Waals surface area contributed by atoms with E-state index in [2.05, 4.69) is 5.16 Å². The lowest BCUT2D eigenvalue weighted by Crippen LogP contribution is -2.33. The summed E-state index contributed by atoms with van der Waals surface area (Å²) < 4.78 is 26.0. The molecule has 0 aliphatic carbocycles. The molecule has 3 N–H and O–H groups in total. The number of amidine groups is 1. The molecule has 6 heteroatoms. The number of benzene rings is 1. The van der Waals surface area contributed by atoms with Crippen LogP contribution in [0.25, 0.3) is 0 Å². The van der Waals surface area contributed by atoms with Crippen molar-refractivity contribution in [3.63, 3.8) is 0 Å². The molecule has 0 radical (unpaired) electrons. The van der Waals surface area contributed by atoms with Crippen LogP contribution in [0.5, 0.6) is 0 Å². The maximum absolute atomic E-state index is 13.1. The Bertz CT molecular complexity index is 450. The van der Waals surface area contributed by atoms with Crippen molar-refractivity contribution in [3.05, 3.63) is 35.4 Å². The summed E-state index contributed by atoms with van der Waals surface area (Å²) in [6.07, 6.45) is 0.415. The first kappa shape index (κ1) is 15.4. The van der Waals surface area contributed by atoms with E-state index in [0.717, 1.165) is 6.07 Å². The van der Waals surface area contributed by atoms with Crippen molar-refractivity contribution in [2.24, 2.45) is 10.9 Å². The molecule has 19 heavy (non-hydrogen) atoms. The average molecular weight is 271 g/mol. The van der Waals surface area contributed by atoms with Crippen LogP contribution in [0.15, 0.2) is 23.4 Å². The zero-order chi connectivity index (χ0) is 14.4. The van der Waals surface area contributed by atoms with Crippen molar-refractivity contribution in [2.45, 2.75) is 32.9 Å². The summed E-state index contributed by atoms with van der Waals surface area (Å²) in [6, 6.07) is 4.07. The molecule has 4 nitrogen and oxygen atoms in total. The van der Waals surface area contributed by atoms with Gasteiger partial charge in [-0.25, -0.2) is 8.78 Å². The largest absolute Gasteiger partial charge is 0.409 e. The van der Waals surface area contributed by atoms with E-state index < -0.39 is 11.6 Å². The number of rotatable bonds is 6. The second kappa shape index (κ2) is 7.04. The second-order valence-corrected chi connectivity index (χ2v) is 4.65. The standard InChI is InChI=1S/C13H19F2N3O/c1-9(2)18(6-5-13(16)17-19)8-10-3-4-11(14)12(15)7-10/h3-4,7,9,19H,5-6,8H2,1-2H3,(H2,16,17). The molecule has 0 amide bonds. The SMILES string of the molecule is CC(C)N(CC/C(N)=N/O)Cc1ccc(F)c(F)c1. The van der Waals surface area contributed by atoms with E-state index in [-0.39, 0.29) is 11.9 Å². The Morgan fingerprint density at radius 3 is 2.58 bits per heavy atom. The van der Waals surface area contributed by atoms with Crippen LogP contribution in [0.3, 0.4) is 0 Å². The lowest BCUT2D eigenvalue weighted by atomic mass is 10.1. The summed E-state index contributed by atoms with van der Waals surface area (Å²) in [7, 11) is 0. The molecule has 0 saturated carbocycles. The highest BCUT2D eigenvalue weighted by Crippen LogP contribution is 2.13. The van der Waals surface area contributed by atoms with Gasteiger partial charge in [0.2, 0.25) is 0 Å². The summed E-state index contributed by atoms with van der Waals surface area (Å²) >= 11 is 0. The van der Waals surface area contributed by atoms with E-state index in [1.54, 1.807) is 6.07 Å². The van der Waals surface area contributed by atoms with Gasteiger partial charge in [0.05, 0.1) is 0 Å². The molecule has 0 unspecified atom stereocenters. The Hall–Kier alpha value is -1.69. The Morgan fingerprint density at radius 2 is 2.05 bits per heavy atom. The number of halogens is 2. The summed E-state index contributed by atoms with van der Waals surface area (Å²) in [5.74, 6) is -1.55.